The molecule has 6 nitrogen and oxygen atoms in total. The molecule has 0 amide bonds. The van der Waals surface area contributed by atoms with E-state index >= 15 is 0 Å². The van der Waals surface area contributed by atoms with Crippen LogP contribution >= 0.6 is 0 Å². The number of ether oxygens (including phenoxy) is 2. The van der Waals surface area contributed by atoms with Crippen molar-refractivity contribution in [2.24, 2.45) is 0 Å². The van der Waals surface area contributed by atoms with Gasteiger partial charge in [-0.1, -0.05) is 12.1 Å². The summed E-state index contributed by atoms with van der Waals surface area (Å²) in [4.78, 5) is 12.0. The lowest BCUT2D eigenvalue weighted by molar-refractivity contribution is 0.0526. The van der Waals surface area contributed by atoms with E-state index in [1.165, 1.54) is 0 Å². The van der Waals surface area contributed by atoms with Crippen molar-refractivity contribution in [1.82, 2.24) is 10.2 Å². The van der Waals surface area contributed by atoms with Crippen molar-refractivity contribution < 1.29 is 14.3 Å². The molecule has 0 bridgehead atoms. The zero-order chi connectivity index (χ0) is 15.9. The van der Waals surface area contributed by atoms with Gasteiger partial charge in [0, 0.05) is 6.54 Å². The Morgan fingerprint density at radius 1 is 1.23 bits per heavy atom. The third-order valence-electron chi connectivity index (χ3n) is 3.03. The van der Waals surface area contributed by atoms with E-state index in [1.807, 2.05) is 24.3 Å². The number of esters is 1. The van der Waals surface area contributed by atoms with E-state index in [1.54, 1.807) is 27.0 Å². The number of methoxy groups -OCH3 is 1. The largest absolute Gasteiger partial charge is 0.497 e. The molecule has 0 radical (unpaired) electrons. The molecule has 1 heterocycles. The number of benzene rings is 1. The second-order valence-corrected chi connectivity index (χ2v) is 4.67. The standard InChI is InChI=1S/C16H19N3O3/c1-4-22-16(20)14-9-11(2)18-19-15(14)17-10-12-5-7-13(21-3)8-6-12/h5-9H,4,10H2,1-3H3,(H,17,19). The van der Waals surface area contributed by atoms with Crippen LogP contribution in [0.25, 0.3) is 0 Å². The van der Waals surface area contributed by atoms with Gasteiger partial charge < -0.3 is 14.8 Å². The number of aryl methyl sites for hydroxylation is 1. The van der Waals surface area contributed by atoms with Gasteiger partial charge in [-0.05, 0) is 37.6 Å². The van der Waals surface area contributed by atoms with Crippen molar-refractivity contribution in [3.8, 4) is 5.75 Å². The van der Waals surface area contributed by atoms with Crippen molar-refractivity contribution >= 4 is 11.8 Å². The number of carbonyl (C=O) groups is 1. The lowest BCUT2D eigenvalue weighted by Crippen LogP contribution is -2.13. The first-order valence-electron chi connectivity index (χ1n) is 7.02. The fourth-order valence-electron chi connectivity index (χ4n) is 1.91. The van der Waals surface area contributed by atoms with Gasteiger partial charge >= 0.3 is 5.97 Å². The van der Waals surface area contributed by atoms with Crippen molar-refractivity contribution in [3.63, 3.8) is 0 Å². The predicted octanol–water partition coefficient (Wildman–Crippen LogP) is 2.58. The molecule has 1 N–H and O–H groups in total. The number of nitrogens with one attached hydrogen (secondary N) is 1. The summed E-state index contributed by atoms with van der Waals surface area (Å²) < 4.78 is 10.2. The van der Waals surface area contributed by atoms with E-state index in [0.717, 1.165) is 11.3 Å². The molecule has 2 aromatic rings. The summed E-state index contributed by atoms with van der Waals surface area (Å²) in [5.74, 6) is 0.809. The minimum atomic E-state index is -0.405. The summed E-state index contributed by atoms with van der Waals surface area (Å²) in [6.07, 6.45) is 0. The summed E-state index contributed by atoms with van der Waals surface area (Å²) in [6, 6.07) is 9.31. The number of nitrogens with zero attached hydrogens (tertiary/aromatic N) is 2. The van der Waals surface area contributed by atoms with Gasteiger partial charge in [0.2, 0.25) is 0 Å². The average molecular weight is 301 g/mol. The molecule has 0 saturated carbocycles. The number of rotatable bonds is 6. The first-order valence-corrected chi connectivity index (χ1v) is 7.02. The quantitative estimate of drug-likeness (QED) is 0.827. The molecule has 22 heavy (non-hydrogen) atoms. The Balaban J connectivity index is 2.12. The van der Waals surface area contributed by atoms with Gasteiger partial charge in [0.1, 0.15) is 11.3 Å². The Hall–Kier alpha value is -2.63. The molecule has 0 spiro atoms. The lowest BCUT2D eigenvalue weighted by atomic mass is 10.2. The van der Waals surface area contributed by atoms with Crippen LogP contribution in [0.4, 0.5) is 5.82 Å². The van der Waals surface area contributed by atoms with Crippen LogP contribution in [0.15, 0.2) is 30.3 Å². The van der Waals surface area contributed by atoms with Crippen LogP contribution in [0.1, 0.15) is 28.5 Å². The molecule has 1 aromatic heterocycles. The molecule has 0 fully saturated rings. The zero-order valence-corrected chi connectivity index (χ0v) is 12.9. The number of hydrogen-bond acceptors (Lipinski definition) is 6. The van der Waals surface area contributed by atoms with Crippen LogP contribution in [-0.4, -0.2) is 29.9 Å². The van der Waals surface area contributed by atoms with Crippen molar-refractivity contribution in [1.29, 1.82) is 0 Å². The van der Waals surface area contributed by atoms with Gasteiger partial charge in [-0.25, -0.2) is 4.79 Å². The third-order valence-corrected chi connectivity index (χ3v) is 3.03. The summed E-state index contributed by atoms with van der Waals surface area (Å²) in [5, 5.41) is 11.1. The molecule has 2 rings (SSSR count). The molecule has 0 aliphatic rings. The second kappa shape index (κ2) is 7.40. The normalized spacial score (nSPS) is 10.1. The summed E-state index contributed by atoms with van der Waals surface area (Å²) in [7, 11) is 1.63. The SMILES string of the molecule is CCOC(=O)c1cc(C)nnc1NCc1ccc(OC)cc1. The molecule has 0 aliphatic carbocycles. The summed E-state index contributed by atoms with van der Waals surface area (Å²) in [5.41, 5.74) is 2.10. The van der Waals surface area contributed by atoms with E-state index in [9.17, 15) is 4.79 Å². The van der Waals surface area contributed by atoms with Gasteiger partial charge in [0.15, 0.2) is 5.82 Å². The van der Waals surface area contributed by atoms with E-state index in [4.69, 9.17) is 9.47 Å². The fourth-order valence-corrected chi connectivity index (χ4v) is 1.91. The Bertz CT molecular complexity index is 642. The van der Waals surface area contributed by atoms with Gasteiger partial charge in [0.25, 0.3) is 0 Å². The Labute approximate surface area is 129 Å². The molecule has 116 valence electrons. The molecule has 1 aromatic carbocycles. The average Bonchev–Trinajstić information content (AvgIpc) is 2.54. The lowest BCUT2D eigenvalue weighted by Gasteiger charge is -2.10. The van der Waals surface area contributed by atoms with Crippen molar-refractivity contribution in [3.05, 3.63) is 47.2 Å². The first-order chi connectivity index (χ1) is 10.6. The van der Waals surface area contributed by atoms with Gasteiger partial charge in [-0.2, -0.15) is 5.10 Å². The van der Waals surface area contributed by atoms with Crippen LogP contribution in [-0.2, 0) is 11.3 Å². The van der Waals surface area contributed by atoms with E-state index in [-0.39, 0.29) is 0 Å². The number of aromatic nitrogens is 2. The number of carbonyl (C=O) groups excluding carboxylic acids is 1. The van der Waals surface area contributed by atoms with Gasteiger partial charge in [-0.15, -0.1) is 5.10 Å². The molecule has 6 heteroatoms. The number of hydrogen-bond donors (Lipinski definition) is 1. The maximum Gasteiger partial charge on any atom is 0.342 e. The minimum Gasteiger partial charge on any atom is -0.497 e. The molecule has 0 aliphatic heterocycles. The van der Waals surface area contributed by atoms with Crippen LogP contribution in [0, 0.1) is 6.92 Å². The van der Waals surface area contributed by atoms with Gasteiger partial charge in [-0.3, -0.25) is 0 Å². The molecule has 0 atom stereocenters. The smallest absolute Gasteiger partial charge is 0.342 e. The van der Waals surface area contributed by atoms with Crippen LogP contribution < -0.4 is 10.1 Å². The zero-order valence-electron chi connectivity index (χ0n) is 12.9. The second-order valence-electron chi connectivity index (χ2n) is 4.67. The van der Waals surface area contributed by atoms with Crippen LogP contribution in [0.3, 0.4) is 0 Å². The summed E-state index contributed by atoms with van der Waals surface area (Å²) >= 11 is 0. The highest BCUT2D eigenvalue weighted by molar-refractivity contribution is 5.94. The third kappa shape index (κ3) is 3.94. The maximum atomic E-state index is 12.0. The first kappa shape index (κ1) is 15.8. The Kier molecular flexibility index (Phi) is 5.30. The van der Waals surface area contributed by atoms with Crippen LogP contribution in [0.2, 0.25) is 0 Å². The number of anilines is 1. The minimum absolute atomic E-state index is 0.318. The van der Waals surface area contributed by atoms with E-state index < -0.39 is 5.97 Å². The molecular formula is C16H19N3O3. The van der Waals surface area contributed by atoms with Crippen LogP contribution in [0.5, 0.6) is 5.75 Å². The Morgan fingerprint density at radius 2 is 1.95 bits per heavy atom. The summed E-state index contributed by atoms with van der Waals surface area (Å²) in [6.45, 7) is 4.39. The van der Waals surface area contributed by atoms with Crippen molar-refractivity contribution in [2.75, 3.05) is 19.0 Å². The van der Waals surface area contributed by atoms with Crippen molar-refractivity contribution in [2.45, 2.75) is 20.4 Å². The van der Waals surface area contributed by atoms with E-state index in [2.05, 4.69) is 15.5 Å². The Morgan fingerprint density at radius 3 is 2.59 bits per heavy atom. The highest BCUT2D eigenvalue weighted by Crippen LogP contribution is 2.16. The predicted molar refractivity (Wildman–Crippen MR) is 83.0 cm³/mol. The monoisotopic (exact) mass is 301 g/mol. The topological polar surface area (TPSA) is 73.3 Å². The maximum absolute atomic E-state index is 12.0. The van der Waals surface area contributed by atoms with E-state index in [0.29, 0.717) is 30.2 Å². The molecule has 0 unspecified atom stereocenters. The molecule has 0 saturated heterocycles. The van der Waals surface area contributed by atoms with Gasteiger partial charge in [0.05, 0.1) is 19.4 Å². The fraction of sp³-hybridized carbons (Fsp3) is 0.312. The molecular weight excluding hydrogens is 282 g/mol. The highest BCUT2D eigenvalue weighted by Gasteiger charge is 2.15. The highest BCUT2D eigenvalue weighted by atomic mass is 16.5.